The fourth-order valence-corrected chi connectivity index (χ4v) is 2.79. The zero-order valence-electron chi connectivity index (χ0n) is 11.4. The average molecular weight is 279 g/mol. The molecule has 0 amide bonds. The lowest BCUT2D eigenvalue weighted by Gasteiger charge is -2.25. The van der Waals surface area contributed by atoms with Gasteiger partial charge in [0.1, 0.15) is 0 Å². The van der Waals surface area contributed by atoms with Crippen molar-refractivity contribution in [2.75, 3.05) is 13.2 Å². The first-order valence-electron chi connectivity index (χ1n) is 6.95. The third-order valence-corrected chi connectivity index (χ3v) is 3.82. The second-order valence-electron chi connectivity index (χ2n) is 5.09. The van der Waals surface area contributed by atoms with E-state index < -0.39 is 0 Å². The number of aliphatic hydroxyl groups is 1. The van der Waals surface area contributed by atoms with Crippen LogP contribution in [-0.4, -0.2) is 39.1 Å². The Morgan fingerprint density at radius 2 is 2.33 bits per heavy atom. The highest BCUT2D eigenvalue weighted by Gasteiger charge is 2.26. The minimum Gasteiger partial charge on any atom is -0.395 e. The molecule has 0 fully saturated rings. The molecule has 1 aromatic heterocycles. The van der Waals surface area contributed by atoms with Crippen LogP contribution in [0.3, 0.4) is 0 Å². The van der Waals surface area contributed by atoms with Gasteiger partial charge in [0.25, 0.3) is 0 Å². The topological polar surface area (TPSA) is 53.3 Å². The van der Waals surface area contributed by atoms with E-state index in [1.54, 1.807) is 0 Å². The molecule has 2 N–H and O–H groups in total. The first-order valence-corrected chi connectivity index (χ1v) is 6.95. The molecule has 5 nitrogen and oxygen atoms in total. The number of fused-ring (bicyclic) bond motifs is 2. The van der Waals surface area contributed by atoms with Gasteiger partial charge < -0.3 is 10.5 Å². The van der Waals surface area contributed by atoms with Gasteiger partial charge in [-0.1, -0.05) is 24.3 Å². The number of hydrogen-bond donors (Lipinski definition) is 2. The summed E-state index contributed by atoms with van der Waals surface area (Å²) in [5.74, 6) is 0. The number of hydrogen-bond acceptors (Lipinski definition) is 4. The lowest BCUT2D eigenvalue weighted by atomic mass is 10.0. The van der Waals surface area contributed by atoms with E-state index in [0.29, 0.717) is 6.54 Å². The minimum absolute atomic E-state index is 0.121. The highest BCUT2D eigenvalue weighted by Crippen LogP contribution is 2.27. The standard InChI is InChI=1S/C16H15N4O/c21-8-7-19-16-9-14(6-5-13(16)10-17-19)20-15-4-2-1-3-12(15)11-18-20/h1-3,5-6,9-11,16-17,21H,7-8H2. The van der Waals surface area contributed by atoms with Crippen LogP contribution in [0.25, 0.3) is 16.6 Å². The summed E-state index contributed by atoms with van der Waals surface area (Å²) in [6.45, 7) is 0.699. The molecule has 1 aromatic carbocycles. The van der Waals surface area contributed by atoms with Crippen molar-refractivity contribution in [3.63, 3.8) is 0 Å². The summed E-state index contributed by atoms with van der Waals surface area (Å²) >= 11 is 0. The van der Waals surface area contributed by atoms with E-state index in [0.717, 1.165) is 16.6 Å². The van der Waals surface area contributed by atoms with E-state index in [1.807, 2.05) is 40.3 Å². The Hall–Kier alpha value is -2.37. The second kappa shape index (κ2) is 4.87. The van der Waals surface area contributed by atoms with E-state index in [-0.39, 0.29) is 12.6 Å². The Morgan fingerprint density at radius 3 is 3.24 bits per heavy atom. The van der Waals surface area contributed by atoms with Gasteiger partial charge in [0, 0.05) is 24.2 Å². The van der Waals surface area contributed by atoms with Gasteiger partial charge in [0.2, 0.25) is 0 Å². The Balaban J connectivity index is 1.74. The summed E-state index contributed by atoms with van der Waals surface area (Å²) in [5, 5.41) is 16.7. The molecule has 105 valence electrons. The number of para-hydroxylation sites is 1. The van der Waals surface area contributed by atoms with Crippen molar-refractivity contribution in [3.05, 3.63) is 60.5 Å². The first kappa shape index (κ1) is 12.4. The fourth-order valence-electron chi connectivity index (χ4n) is 2.79. The number of rotatable bonds is 3. The Morgan fingerprint density at radius 1 is 1.38 bits per heavy atom. The molecule has 1 atom stereocenters. The smallest absolute Gasteiger partial charge is 0.0820 e. The number of allylic oxidation sites excluding steroid dienone is 2. The zero-order valence-corrected chi connectivity index (χ0v) is 11.4. The van der Waals surface area contributed by atoms with Crippen molar-refractivity contribution < 1.29 is 5.11 Å². The Labute approximate surface area is 122 Å². The molecule has 0 bridgehead atoms. The van der Waals surface area contributed by atoms with Gasteiger partial charge in [0.05, 0.1) is 30.1 Å². The largest absolute Gasteiger partial charge is 0.395 e. The van der Waals surface area contributed by atoms with Crippen molar-refractivity contribution in [2.45, 2.75) is 6.04 Å². The molecule has 1 unspecified atom stereocenters. The molecule has 1 aliphatic heterocycles. The molecular formula is C16H15N4O. The highest BCUT2D eigenvalue weighted by molar-refractivity contribution is 5.83. The number of β-amino-alcohol motifs (C(OH)–C–C–N with tert-alkyl or cyclic N) is 1. The SMILES string of the molecule is OCCN1NC=C2C=CC(n3ncc4ccc[c]c43)=CC21. The number of aliphatic hydroxyl groups excluding tert-OH is 1. The minimum atomic E-state index is 0.121. The monoisotopic (exact) mass is 279 g/mol. The van der Waals surface area contributed by atoms with Crippen molar-refractivity contribution >= 4 is 16.6 Å². The van der Waals surface area contributed by atoms with E-state index in [2.05, 4.69) is 34.8 Å². The molecular weight excluding hydrogens is 264 g/mol. The molecule has 0 saturated carbocycles. The molecule has 2 heterocycles. The van der Waals surface area contributed by atoms with Crippen LogP contribution in [0, 0.1) is 6.07 Å². The molecule has 0 spiro atoms. The van der Waals surface area contributed by atoms with Crippen molar-refractivity contribution in [1.82, 2.24) is 20.2 Å². The van der Waals surface area contributed by atoms with Crippen LogP contribution in [0.15, 0.2) is 54.4 Å². The Kier molecular flexibility index (Phi) is 2.87. The summed E-state index contributed by atoms with van der Waals surface area (Å²) < 4.78 is 1.90. The number of hydrazine groups is 1. The lowest BCUT2D eigenvalue weighted by Crippen LogP contribution is -2.40. The lowest BCUT2D eigenvalue weighted by molar-refractivity contribution is 0.165. The van der Waals surface area contributed by atoms with Crippen LogP contribution in [0.2, 0.25) is 0 Å². The number of nitrogens with zero attached hydrogens (tertiary/aromatic N) is 3. The molecule has 1 aliphatic carbocycles. The van der Waals surface area contributed by atoms with Gasteiger partial charge >= 0.3 is 0 Å². The third kappa shape index (κ3) is 1.98. The van der Waals surface area contributed by atoms with Gasteiger partial charge in [-0.25, -0.2) is 9.69 Å². The quantitative estimate of drug-likeness (QED) is 0.889. The summed E-state index contributed by atoms with van der Waals surface area (Å²) in [6.07, 6.45) is 10.1. The maximum absolute atomic E-state index is 9.14. The fraction of sp³-hybridized carbons (Fsp3) is 0.188. The average Bonchev–Trinajstić information content (AvgIpc) is 3.11. The van der Waals surface area contributed by atoms with Crippen LogP contribution >= 0.6 is 0 Å². The van der Waals surface area contributed by atoms with E-state index in [4.69, 9.17) is 5.11 Å². The van der Waals surface area contributed by atoms with Crippen molar-refractivity contribution in [3.8, 4) is 0 Å². The van der Waals surface area contributed by atoms with Gasteiger partial charge in [0.15, 0.2) is 0 Å². The van der Waals surface area contributed by atoms with Crippen LogP contribution < -0.4 is 5.43 Å². The molecule has 2 aromatic rings. The molecule has 1 radical (unpaired) electrons. The zero-order chi connectivity index (χ0) is 14.2. The summed E-state index contributed by atoms with van der Waals surface area (Å²) in [7, 11) is 0. The predicted octanol–water partition coefficient (Wildman–Crippen LogP) is 1.31. The van der Waals surface area contributed by atoms with Crippen LogP contribution in [0.1, 0.15) is 0 Å². The van der Waals surface area contributed by atoms with E-state index in [9.17, 15) is 0 Å². The molecule has 5 heteroatoms. The maximum atomic E-state index is 9.14. The maximum Gasteiger partial charge on any atom is 0.0820 e. The molecule has 4 rings (SSSR count). The number of benzene rings is 1. The van der Waals surface area contributed by atoms with Gasteiger partial charge in [-0.2, -0.15) is 5.10 Å². The van der Waals surface area contributed by atoms with Crippen molar-refractivity contribution in [2.24, 2.45) is 0 Å². The summed E-state index contributed by atoms with van der Waals surface area (Å²) in [6, 6.07) is 9.25. The van der Waals surface area contributed by atoms with Crippen LogP contribution in [0.4, 0.5) is 0 Å². The summed E-state index contributed by atoms with van der Waals surface area (Å²) in [4.78, 5) is 0. The van der Waals surface area contributed by atoms with E-state index >= 15 is 0 Å². The predicted molar refractivity (Wildman–Crippen MR) is 80.8 cm³/mol. The number of nitrogens with one attached hydrogen (secondary N) is 1. The highest BCUT2D eigenvalue weighted by atomic mass is 16.3. The van der Waals surface area contributed by atoms with Crippen LogP contribution in [-0.2, 0) is 0 Å². The first-order chi connectivity index (χ1) is 10.4. The third-order valence-electron chi connectivity index (χ3n) is 3.82. The van der Waals surface area contributed by atoms with E-state index in [1.165, 1.54) is 5.57 Å². The normalized spacial score (nSPS) is 21.1. The van der Waals surface area contributed by atoms with Crippen LogP contribution in [0.5, 0.6) is 0 Å². The van der Waals surface area contributed by atoms with Gasteiger partial charge in [-0.3, -0.25) is 0 Å². The molecule has 0 saturated heterocycles. The molecule has 2 aliphatic rings. The Bertz CT molecular complexity index is 771. The van der Waals surface area contributed by atoms with Crippen molar-refractivity contribution in [1.29, 1.82) is 0 Å². The van der Waals surface area contributed by atoms with Gasteiger partial charge in [-0.15, -0.1) is 0 Å². The molecule has 21 heavy (non-hydrogen) atoms. The van der Waals surface area contributed by atoms with Gasteiger partial charge in [-0.05, 0) is 17.7 Å². The second-order valence-corrected chi connectivity index (χ2v) is 5.09. The number of aromatic nitrogens is 2. The summed E-state index contributed by atoms with van der Waals surface area (Å²) in [5.41, 5.74) is 6.36.